The molecule has 0 saturated carbocycles. The van der Waals surface area contributed by atoms with Gasteiger partial charge in [0, 0.05) is 17.4 Å². The van der Waals surface area contributed by atoms with E-state index in [9.17, 15) is 9.18 Å². The van der Waals surface area contributed by atoms with Crippen LogP contribution in [0.5, 0.6) is 0 Å². The fourth-order valence-electron chi connectivity index (χ4n) is 2.63. The van der Waals surface area contributed by atoms with E-state index in [0.29, 0.717) is 22.7 Å². The average Bonchev–Trinajstić information content (AvgIpc) is 2.65. The number of nitrogens with zero attached hydrogens (tertiary/aromatic N) is 1. The predicted octanol–water partition coefficient (Wildman–Crippen LogP) is 5.57. The van der Waals surface area contributed by atoms with Gasteiger partial charge >= 0.3 is 0 Å². The average molecular weight is 348 g/mol. The second kappa shape index (κ2) is 7.48. The van der Waals surface area contributed by atoms with Gasteiger partial charge in [-0.3, -0.25) is 9.78 Å². The molecule has 26 heavy (non-hydrogen) atoms. The van der Waals surface area contributed by atoms with E-state index in [1.807, 2.05) is 18.2 Å². The van der Waals surface area contributed by atoms with Crippen LogP contribution >= 0.6 is 0 Å². The van der Waals surface area contributed by atoms with E-state index in [2.05, 4.69) is 36.3 Å². The van der Waals surface area contributed by atoms with Gasteiger partial charge in [0.1, 0.15) is 5.82 Å². The Labute approximate surface area is 152 Å². The van der Waals surface area contributed by atoms with Crippen LogP contribution < -0.4 is 5.32 Å². The normalized spacial score (nSPS) is 10.8. The monoisotopic (exact) mass is 348 g/mol. The highest BCUT2D eigenvalue weighted by molar-refractivity contribution is 6.04. The summed E-state index contributed by atoms with van der Waals surface area (Å²) >= 11 is 0. The zero-order valence-electron chi connectivity index (χ0n) is 15.1. The number of hydrogen-bond donors (Lipinski definition) is 1. The number of amides is 1. The molecule has 1 aromatic heterocycles. The number of aryl methyl sites for hydroxylation is 1. The van der Waals surface area contributed by atoms with Crippen LogP contribution in [0.1, 0.15) is 41.3 Å². The molecule has 132 valence electrons. The largest absolute Gasteiger partial charge is 0.322 e. The Morgan fingerprint density at radius 2 is 1.88 bits per heavy atom. The van der Waals surface area contributed by atoms with Crippen molar-refractivity contribution in [1.82, 2.24) is 4.98 Å². The van der Waals surface area contributed by atoms with Gasteiger partial charge in [-0.1, -0.05) is 38.1 Å². The Kier molecular flexibility index (Phi) is 5.12. The molecular weight excluding hydrogens is 327 g/mol. The molecule has 2 aromatic carbocycles. The second-order valence-corrected chi connectivity index (χ2v) is 6.63. The third kappa shape index (κ3) is 3.97. The molecule has 0 radical (unpaired) electrons. The molecule has 3 aromatic rings. The quantitative estimate of drug-likeness (QED) is 0.669. The minimum Gasteiger partial charge on any atom is -0.322 e. The van der Waals surface area contributed by atoms with Crippen molar-refractivity contribution in [3.8, 4) is 11.3 Å². The summed E-state index contributed by atoms with van der Waals surface area (Å²) in [6.45, 7) is 5.97. The fourth-order valence-corrected chi connectivity index (χ4v) is 2.63. The summed E-state index contributed by atoms with van der Waals surface area (Å²) in [5.41, 5.74) is 4.46. The van der Waals surface area contributed by atoms with Crippen molar-refractivity contribution in [3.63, 3.8) is 0 Å². The standard InChI is InChI=1S/C22H21FN2O/c1-14(2)16-5-4-6-17(11-16)21-10-8-18(13-24-21)22(26)25-19-9-7-15(3)20(23)12-19/h4-14H,1-3H3,(H,25,26). The number of halogens is 1. The van der Waals surface area contributed by atoms with Crippen molar-refractivity contribution < 1.29 is 9.18 Å². The Morgan fingerprint density at radius 3 is 2.54 bits per heavy atom. The van der Waals surface area contributed by atoms with Gasteiger partial charge in [-0.2, -0.15) is 0 Å². The molecule has 0 bridgehead atoms. The highest BCUT2D eigenvalue weighted by atomic mass is 19.1. The number of nitrogens with one attached hydrogen (secondary N) is 1. The first-order valence-corrected chi connectivity index (χ1v) is 8.58. The maximum Gasteiger partial charge on any atom is 0.257 e. The number of aromatic nitrogens is 1. The summed E-state index contributed by atoms with van der Waals surface area (Å²) in [7, 11) is 0. The minimum atomic E-state index is -0.346. The van der Waals surface area contributed by atoms with Crippen molar-refractivity contribution in [1.29, 1.82) is 0 Å². The van der Waals surface area contributed by atoms with Crippen LogP contribution in [0.15, 0.2) is 60.8 Å². The van der Waals surface area contributed by atoms with E-state index in [0.717, 1.165) is 11.3 Å². The first kappa shape index (κ1) is 17.8. The van der Waals surface area contributed by atoms with Crippen molar-refractivity contribution in [3.05, 3.63) is 83.3 Å². The van der Waals surface area contributed by atoms with E-state index in [1.165, 1.54) is 17.8 Å². The van der Waals surface area contributed by atoms with Gasteiger partial charge in [-0.05, 0) is 54.3 Å². The van der Waals surface area contributed by atoms with Crippen LogP contribution in [0, 0.1) is 12.7 Å². The van der Waals surface area contributed by atoms with Crippen LogP contribution in [0.25, 0.3) is 11.3 Å². The molecule has 3 nitrogen and oxygen atoms in total. The molecule has 0 atom stereocenters. The lowest BCUT2D eigenvalue weighted by Gasteiger charge is -2.09. The van der Waals surface area contributed by atoms with E-state index in [-0.39, 0.29) is 11.7 Å². The molecule has 1 heterocycles. The molecule has 0 saturated heterocycles. The topological polar surface area (TPSA) is 42.0 Å². The van der Waals surface area contributed by atoms with E-state index in [4.69, 9.17) is 0 Å². The van der Waals surface area contributed by atoms with Crippen LogP contribution in [-0.2, 0) is 0 Å². The molecule has 0 aliphatic heterocycles. The molecule has 0 aliphatic carbocycles. The summed E-state index contributed by atoms with van der Waals surface area (Å²) in [6.07, 6.45) is 1.54. The van der Waals surface area contributed by atoms with Gasteiger partial charge in [-0.25, -0.2) is 4.39 Å². The predicted molar refractivity (Wildman–Crippen MR) is 103 cm³/mol. The minimum absolute atomic E-state index is 0.316. The maximum absolute atomic E-state index is 13.6. The highest BCUT2D eigenvalue weighted by Gasteiger charge is 2.09. The summed E-state index contributed by atoms with van der Waals surface area (Å²) in [5.74, 6) is -0.223. The molecule has 1 N–H and O–H groups in total. The summed E-state index contributed by atoms with van der Waals surface area (Å²) in [6, 6.07) is 16.4. The molecule has 4 heteroatoms. The van der Waals surface area contributed by atoms with Crippen molar-refractivity contribution in [2.75, 3.05) is 5.32 Å². The Morgan fingerprint density at radius 1 is 1.08 bits per heavy atom. The third-order valence-corrected chi connectivity index (χ3v) is 4.30. The lowest BCUT2D eigenvalue weighted by molar-refractivity contribution is 0.102. The van der Waals surface area contributed by atoms with Crippen LogP contribution in [-0.4, -0.2) is 10.9 Å². The number of hydrogen-bond acceptors (Lipinski definition) is 2. The molecule has 0 fully saturated rings. The molecule has 0 spiro atoms. The van der Waals surface area contributed by atoms with Gasteiger partial charge in [0.2, 0.25) is 0 Å². The van der Waals surface area contributed by atoms with E-state index >= 15 is 0 Å². The zero-order chi connectivity index (χ0) is 18.7. The summed E-state index contributed by atoms with van der Waals surface area (Å²) in [4.78, 5) is 16.7. The van der Waals surface area contributed by atoms with Crippen LogP contribution in [0.3, 0.4) is 0 Å². The van der Waals surface area contributed by atoms with Crippen LogP contribution in [0.4, 0.5) is 10.1 Å². The zero-order valence-corrected chi connectivity index (χ0v) is 15.1. The van der Waals surface area contributed by atoms with Gasteiger partial charge in [-0.15, -0.1) is 0 Å². The third-order valence-electron chi connectivity index (χ3n) is 4.30. The maximum atomic E-state index is 13.6. The summed E-state index contributed by atoms with van der Waals surface area (Å²) < 4.78 is 13.6. The number of benzene rings is 2. The first-order valence-electron chi connectivity index (χ1n) is 8.58. The van der Waals surface area contributed by atoms with Crippen molar-refractivity contribution in [2.24, 2.45) is 0 Å². The van der Waals surface area contributed by atoms with Crippen LogP contribution in [0.2, 0.25) is 0 Å². The lowest BCUT2D eigenvalue weighted by Crippen LogP contribution is -2.12. The molecule has 0 aliphatic rings. The second-order valence-electron chi connectivity index (χ2n) is 6.63. The molecule has 3 rings (SSSR count). The highest BCUT2D eigenvalue weighted by Crippen LogP contribution is 2.23. The SMILES string of the molecule is Cc1ccc(NC(=O)c2ccc(-c3cccc(C(C)C)c3)nc2)cc1F. The van der Waals surface area contributed by atoms with Crippen molar-refractivity contribution in [2.45, 2.75) is 26.7 Å². The number of rotatable bonds is 4. The number of pyridine rings is 1. The molecular formula is C22H21FN2O. The Balaban J connectivity index is 1.77. The lowest BCUT2D eigenvalue weighted by atomic mass is 9.99. The Hall–Kier alpha value is -3.01. The van der Waals surface area contributed by atoms with Gasteiger partial charge < -0.3 is 5.32 Å². The fraction of sp³-hybridized carbons (Fsp3) is 0.182. The number of carbonyl (C=O) groups is 1. The van der Waals surface area contributed by atoms with Gasteiger partial charge in [0.05, 0.1) is 11.3 Å². The van der Waals surface area contributed by atoms with E-state index in [1.54, 1.807) is 25.1 Å². The Bertz CT molecular complexity index is 933. The smallest absolute Gasteiger partial charge is 0.257 e. The van der Waals surface area contributed by atoms with Gasteiger partial charge in [0.25, 0.3) is 5.91 Å². The van der Waals surface area contributed by atoms with E-state index < -0.39 is 0 Å². The molecule has 1 amide bonds. The first-order chi connectivity index (χ1) is 12.4. The van der Waals surface area contributed by atoms with Crippen molar-refractivity contribution >= 4 is 11.6 Å². The number of carbonyl (C=O) groups excluding carboxylic acids is 1. The number of anilines is 1. The summed E-state index contributed by atoms with van der Waals surface area (Å²) in [5, 5.41) is 2.69. The molecule has 0 unspecified atom stereocenters. The van der Waals surface area contributed by atoms with Gasteiger partial charge in [0.15, 0.2) is 0 Å².